The van der Waals surface area contributed by atoms with Crippen LogP contribution in [-0.2, 0) is 11.3 Å². The highest BCUT2D eigenvalue weighted by Gasteiger charge is 2.16. The number of halogens is 1. The quantitative estimate of drug-likeness (QED) is 0.505. The number of aromatic nitrogens is 2. The molecule has 0 saturated heterocycles. The summed E-state index contributed by atoms with van der Waals surface area (Å²) < 4.78 is 1.66. The lowest BCUT2D eigenvalue weighted by atomic mass is 10.1. The van der Waals surface area contributed by atoms with Crippen LogP contribution in [0.1, 0.15) is 22.4 Å². The maximum atomic E-state index is 12.5. The van der Waals surface area contributed by atoms with E-state index in [2.05, 4.69) is 10.4 Å². The summed E-state index contributed by atoms with van der Waals surface area (Å²) in [6, 6.07) is 19.1. The summed E-state index contributed by atoms with van der Waals surface area (Å²) in [5, 5.41) is 17.0. The van der Waals surface area contributed by atoms with Crippen LogP contribution < -0.4 is 5.32 Å². The molecule has 0 atom stereocenters. The molecule has 0 saturated carbocycles. The van der Waals surface area contributed by atoms with Gasteiger partial charge in [0.2, 0.25) is 0 Å². The van der Waals surface area contributed by atoms with Crippen LogP contribution in [0.25, 0.3) is 6.08 Å². The van der Waals surface area contributed by atoms with Gasteiger partial charge in [0.05, 0.1) is 12.2 Å². The van der Waals surface area contributed by atoms with Crippen molar-refractivity contribution in [3.05, 3.63) is 87.7 Å². The van der Waals surface area contributed by atoms with E-state index >= 15 is 0 Å². The highest BCUT2D eigenvalue weighted by atomic mass is 35.5. The molecule has 140 valence electrons. The van der Waals surface area contributed by atoms with Crippen LogP contribution >= 0.6 is 11.6 Å². The van der Waals surface area contributed by atoms with Crippen LogP contribution in [0, 0.1) is 25.2 Å². The zero-order valence-corrected chi connectivity index (χ0v) is 16.4. The average Bonchev–Trinajstić information content (AvgIpc) is 2.93. The smallest absolute Gasteiger partial charge is 0.266 e. The molecule has 3 aromatic rings. The Morgan fingerprint density at radius 1 is 1.21 bits per heavy atom. The molecule has 0 spiro atoms. The molecule has 0 radical (unpaired) electrons. The van der Waals surface area contributed by atoms with Crippen LogP contribution in [-0.4, -0.2) is 15.7 Å². The van der Waals surface area contributed by atoms with Gasteiger partial charge in [-0.1, -0.05) is 54.1 Å². The molecule has 0 unspecified atom stereocenters. The molecule has 1 aromatic heterocycles. The van der Waals surface area contributed by atoms with E-state index in [0.717, 1.165) is 11.1 Å². The number of amides is 1. The first-order valence-corrected chi connectivity index (χ1v) is 9.12. The molecule has 3 rings (SSSR count). The van der Waals surface area contributed by atoms with Gasteiger partial charge in [-0.05, 0) is 43.2 Å². The standard InChI is InChI=1S/C22H19ClN4O/c1-15-7-6-10-19(11-15)25-22(28)18(13-24)12-20-16(2)26-27(21(20)23)14-17-8-4-3-5-9-17/h3-12H,14H2,1-2H3,(H,25,28)/b18-12+. The molecule has 28 heavy (non-hydrogen) atoms. The van der Waals surface area contributed by atoms with Crippen molar-refractivity contribution in [1.82, 2.24) is 9.78 Å². The van der Waals surface area contributed by atoms with Crippen molar-refractivity contribution in [1.29, 1.82) is 5.26 Å². The van der Waals surface area contributed by atoms with Crippen LogP contribution in [0.2, 0.25) is 5.15 Å². The third-order valence-electron chi connectivity index (χ3n) is 4.21. The van der Waals surface area contributed by atoms with Gasteiger partial charge < -0.3 is 5.32 Å². The fourth-order valence-corrected chi connectivity index (χ4v) is 3.10. The van der Waals surface area contributed by atoms with E-state index in [1.807, 2.05) is 61.5 Å². The van der Waals surface area contributed by atoms with E-state index in [1.54, 1.807) is 17.7 Å². The summed E-state index contributed by atoms with van der Waals surface area (Å²) in [4.78, 5) is 12.5. The zero-order valence-electron chi connectivity index (χ0n) is 15.6. The van der Waals surface area contributed by atoms with E-state index in [1.165, 1.54) is 6.08 Å². The van der Waals surface area contributed by atoms with Gasteiger partial charge in [0, 0.05) is 11.3 Å². The molecular weight excluding hydrogens is 372 g/mol. The number of nitriles is 1. The zero-order chi connectivity index (χ0) is 20.1. The minimum absolute atomic E-state index is 0.0363. The summed E-state index contributed by atoms with van der Waals surface area (Å²) in [5.74, 6) is -0.487. The molecule has 0 bridgehead atoms. The second-order valence-electron chi connectivity index (χ2n) is 6.43. The number of carbonyl (C=O) groups excluding carboxylic acids is 1. The topological polar surface area (TPSA) is 70.7 Å². The number of nitrogens with one attached hydrogen (secondary N) is 1. The van der Waals surface area contributed by atoms with E-state index in [4.69, 9.17) is 11.6 Å². The highest BCUT2D eigenvalue weighted by molar-refractivity contribution is 6.31. The van der Waals surface area contributed by atoms with Crippen molar-refractivity contribution in [2.45, 2.75) is 20.4 Å². The second kappa shape index (κ2) is 8.55. The first-order chi connectivity index (χ1) is 13.5. The number of rotatable bonds is 5. The maximum absolute atomic E-state index is 12.5. The number of anilines is 1. The van der Waals surface area contributed by atoms with Gasteiger partial charge in [0.1, 0.15) is 16.8 Å². The number of benzene rings is 2. The Balaban J connectivity index is 1.86. The first kappa shape index (κ1) is 19.4. The fourth-order valence-electron chi connectivity index (χ4n) is 2.81. The minimum Gasteiger partial charge on any atom is -0.321 e. The van der Waals surface area contributed by atoms with Gasteiger partial charge in [0.25, 0.3) is 5.91 Å². The van der Waals surface area contributed by atoms with Crippen molar-refractivity contribution in [2.75, 3.05) is 5.32 Å². The van der Waals surface area contributed by atoms with Gasteiger partial charge >= 0.3 is 0 Å². The third kappa shape index (κ3) is 4.48. The molecule has 0 fully saturated rings. The summed E-state index contributed by atoms with van der Waals surface area (Å²) in [6.45, 7) is 4.24. The highest BCUT2D eigenvalue weighted by Crippen LogP contribution is 2.24. The summed E-state index contributed by atoms with van der Waals surface area (Å²) in [7, 11) is 0. The van der Waals surface area contributed by atoms with Crippen LogP contribution in [0.4, 0.5) is 5.69 Å². The van der Waals surface area contributed by atoms with Crippen LogP contribution in [0.5, 0.6) is 0 Å². The lowest BCUT2D eigenvalue weighted by Crippen LogP contribution is -2.13. The average molecular weight is 391 g/mol. The monoisotopic (exact) mass is 390 g/mol. The molecule has 1 amide bonds. The molecule has 2 aromatic carbocycles. The van der Waals surface area contributed by atoms with E-state index in [9.17, 15) is 10.1 Å². The van der Waals surface area contributed by atoms with Gasteiger partial charge in [-0.2, -0.15) is 10.4 Å². The lowest BCUT2D eigenvalue weighted by molar-refractivity contribution is -0.112. The van der Waals surface area contributed by atoms with Gasteiger partial charge in [-0.15, -0.1) is 0 Å². The van der Waals surface area contributed by atoms with Crippen molar-refractivity contribution < 1.29 is 4.79 Å². The minimum atomic E-state index is -0.487. The van der Waals surface area contributed by atoms with Gasteiger partial charge in [0.15, 0.2) is 0 Å². The Morgan fingerprint density at radius 2 is 1.96 bits per heavy atom. The van der Waals surface area contributed by atoms with Crippen molar-refractivity contribution in [2.24, 2.45) is 0 Å². The largest absolute Gasteiger partial charge is 0.321 e. The normalized spacial score (nSPS) is 11.1. The predicted molar refractivity (Wildman–Crippen MR) is 111 cm³/mol. The molecule has 5 nitrogen and oxygen atoms in total. The Bertz CT molecular complexity index is 1080. The van der Waals surface area contributed by atoms with Crippen molar-refractivity contribution in [3.8, 4) is 6.07 Å². The summed E-state index contributed by atoms with van der Waals surface area (Å²) in [5.41, 5.74) is 3.88. The second-order valence-corrected chi connectivity index (χ2v) is 6.78. The number of nitrogens with zero attached hydrogens (tertiary/aromatic N) is 3. The lowest BCUT2D eigenvalue weighted by Gasteiger charge is -2.05. The number of hydrogen-bond acceptors (Lipinski definition) is 3. The van der Waals surface area contributed by atoms with E-state index in [0.29, 0.717) is 28.6 Å². The van der Waals surface area contributed by atoms with Crippen LogP contribution in [0.15, 0.2) is 60.2 Å². The van der Waals surface area contributed by atoms with Crippen molar-refractivity contribution >= 4 is 29.3 Å². The number of aryl methyl sites for hydroxylation is 2. The van der Waals surface area contributed by atoms with Gasteiger partial charge in [-0.25, -0.2) is 4.68 Å². The summed E-state index contributed by atoms with van der Waals surface area (Å²) >= 11 is 6.48. The number of hydrogen-bond donors (Lipinski definition) is 1. The predicted octanol–water partition coefficient (Wildman–Crippen LogP) is 4.75. The Labute approximate surface area is 168 Å². The SMILES string of the molecule is Cc1cccc(NC(=O)/C(C#N)=C/c2c(C)nn(Cc3ccccc3)c2Cl)c1. The molecule has 0 aliphatic carbocycles. The van der Waals surface area contributed by atoms with Crippen molar-refractivity contribution in [3.63, 3.8) is 0 Å². The molecule has 1 N–H and O–H groups in total. The van der Waals surface area contributed by atoms with Crippen LogP contribution in [0.3, 0.4) is 0 Å². The third-order valence-corrected chi connectivity index (χ3v) is 4.61. The maximum Gasteiger partial charge on any atom is 0.266 e. The van der Waals surface area contributed by atoms with E-state index in [-0.39, 0.29) is 5.57 Å². The first-order valence-electron chi connectivity index (χ1n) is 8.74. The Hall–Kier alpha value is -3.36. The molecular formula is C22H19ClN4O. The van der Waals surface area contributed by atoms with E-state index < -0.39 is 5.91 Å². The van der Waals surface area contributed by atoms with Gasteiger partial charge in [-0.3, -0.25) is 4.79 Å². The molecule has 1 heterocycles. The Morgan fingerprint density at radius 3 is 2.64 bits per heavy atom. The molecule has 0 aliphatic rings. The summed E-state index contributed by atoms with van der Waals surface area (Å²) in [6.07, 6.45) is 1.48. The Kier molecular flexibility index (Phi) is 5.93. The molecule has 0 aliphatic heterocycles. The molecule has 6 heteroatoms. The number of carbonyl (C=O) groups is 1. The fraction of sp³-hybridized carbons (Fsp3) is 0.136.